The molecule has 5 nitrogen and oxygen atoms in total. The molecule has 0 atom stereocenters. The van der Waals surface area contributed by atoms with Crippen LogP contribution >= 0.6 is 0 Å². The van der Waals surface area contributed by atoms with Crippen molar-refractivity contribution in [3.05, 3.63) is 23.8 Å². The Bertz CT molecular complexity index is 632. The summed E-state index contributed by atoms with van der Waals surface area (Å²) in [7, 11) is 3.24. The molecule has 3 rings (SSSR count). The van der Waals surface area contributed by atoms with Gasteiger partial charge in [-0.05, 0) is 69.7 Å². The van der Waals surface area contributed by atoms with Crippen LogP contribution in [0.1, 0.15) is 45.1 Å². The number of nitrogens with one attached hydrogen (secondary N) is 1. The molecule has 1 amide bonds. The smallest absolute Gasteiger partial charge is 0.232 e. The number of rotatable bonds is 7. The molecule has 0 spiro atoms. The zero-order chi connectivity index (χ0) is 18.7. The highest BCUT2D eigenvalue weighted by atomic mass is 16.5. The predicted octanol–water partition coefficient (Wildman–Crippen LogP) is 2.97. The molecule has 0 aromatic heterocycles. The number of hydrogen-bond donors (Lipinski definition) is 1. The van der Waals surface area contributed by atoms with E-state index in [1.807, 2.05) is 36.9 Å². The van der Waals surface area contributed by atoms with Crippen LogP contribution in [0.2, 0.25) is 0 Å². The molecule has 2 aliphatic rings. The number of carbonyl (C=O) groups excluding carboxylic acids is 1. The Morgan fingerprint density at radius 3 is 2.35 bits per heavy atom. The summed E-state index contributed by atoms with van der Waals surface area (Å²) in [5.74, 6) is 2.43. The first-order chi connectivity index (χ1) is 12.5. The van der Waals surface area contributed by atoms with Crippen LogP contribution in [0, 0.1) is 5.92 Å². The number of methoxy groups -OCH3 is 2. The lowest BCUT2D eigenvalue weighted by atomic mass is 9.82. The lowest BCUT2D eigenvalue weighted by molar-refractivity contribution is -0.137. The van der Waals surface area contributed by atoms with E-state index in [2.05, 4.69) is 5.32 Å². The maximum Gasteiger partial charge on any atom is 0.232 e. The molecule has 144 valence electrons. The highest BCUT2D eigenvalue weighted by Crippen LogP contribution is 2.35. The summed E-state index contributed by atoms with van der Waals surface area (Å²) in [6, 6.07) is 6.31. The maximum absolute atomic E-state index is 13.2. The zero-order valence-corrected chi connectivity index (χ0v) is 16.5. The Balaban J connectivity index is 1.62. The standard InChI is InChI=1S/C21H32N2O3/c1-21(2,16-7-8-18(25-3)19(13-16)26-4)20(24)23-11-9-17(10-12-23)22-14-15-5-6-15/h7-8,13,15,17,22H,5-6,9-12,14H2,1-4H3. The average molecular weight is 360 g/mol. The van der Waals surface area contributed by atoms with Crippen LogP contribution in [0.5, 0.6) is 11.5 Å². The van der Waals surface area contributed by atoms with Crippen LogP contribution in [0.4, 0.5) is 0 Å². The van der Waals surface area contributed by atoms with Gasteiger partial charge in [0.05, 0.1) is 19.6 Å². The third-order valence-electron chi connectivity index (χ3n) is 5.81. The molecular weight excluding hydrogens is 328 g/mol. The quantitative estimate of drug-likeness (QED) is 0.812. The number of hydrogen-bond acceptors (Lipinski definition) is 4. The van der Waals surface area contributed by atoms with E-state index >= 15 is 0 Å². The van der Waals surface area contributed by atoms with Crippen LogP contribution < -0.4 is 14.8 Å². The van der Waals surface area contributed by atoms with Crippen molar-refractivity contribution in [3.63, 3.8) is 0 Å². The van der Waals surface area contributed by atoms with Crippen LogP contribution in [-0.2, 0) is 10.2 Å². The van der Waals surface area contributed by atoms with Crippen molar-refractivity contribution in [2.45, 2.75) is 51.0 Å². The van der Waals surface area contributed by atoms with E-state index in [1.165, 1.54) is 12.8 Å². The number of carbonyl (C=O) groups is 1. The van der Waals surface area contributed by atoms with Gasteiger partial charge >= 0.3 is 0 Å². The van der Waals surface area contributed by atoms with Crippen molar-refractivity contribution < 1.29 is 14.3 Å². The molecule has 1 saturated heterocycles. The molecule has 1 heterocycles. The number of piperidine rings is 1. The van der Waals surface area contributed by atoms with E-state index < -0.39 is 5.41 Å². The normalized spacial score (nSPS) is 18.7. The lowest BCUT2D eigenvalue weighted by Crippen LogP contribution is -2.50. The molecule has 0 bridgehead atoms. The summed E-state index contributed by atoms with van der Waals surface area (Å²) in [6.07, 6.45) is 4.84. The first-order valence-corrected chi connectivity index (χ1v) is 9.71. The topological polar surface area (TPSA) is 50.8 Å². The number of amides is 1. The second kappa shape index (κ2) is 7.87. The zero-order valence-electron chi connectivity index (χ0n) is 16.5. The van der Waals surface area contributed by atoms with E-state index in [-0.39, 0.29) is 5.91 Å². The molecule has 1 saturated carbocycles. The van der Waals surface area contributed by atoms with E-state index in [1.54, 1.807) is 14.2 Å². The number of nitrogens with zero attached hydrogens (tertiary/aromatic N) is 1. The van der Waals surface area contributed by atoms with Gasteiger partial charge in [-0.15, -0.1) is 0 Å². The van der Waals surface area contributed by atoms with Crippen LogP contribution in [0.15, 0.2) is 18.2 Å². The second-order valence-corrected chi connectivity index (χ2v) is 8.11. The number of likely N-dealkylation sites (tertiary alicyclic amines) is 1. The van der Waals surface area contributed by atoms with Gasteiger partial charge < -0.3 is 19.7 Å². The largest absolute Gasteiger partial charge is 0.493 e. The predicted molar refractivity (Wildman–Crippen MR) is 103 cm³/mol. The van der Waals surface area contributed by atoms with Crippen LogP contribution in [0.25, 0.3) is 0 Å². The first kappa shape index (κ1) is 19.0. The van der Waals surface area contributed by atoms with Gasteiger partial charge in [0.25, 0.3) is 0 Å². The van der Waals surface area contributed by atoms with Crippen molar-refractivity contribution in [1.29, 1.82) is 0 Å². The van der Waals surface area contributed by atoms with Crippen molar-refractivity contribution in [1.82, 2.24) is 10.2 Å². The highest BCUT2D eigenvalue weighted by Gasteiger charge is 2.36. The van der Waals surface area contributed by atoms with Gasteiger partial charge in [0.2, 0.25) is 5.91 Å². The Kier molecular flexibility index (Phi) is 5.76. The average Bonchev–Trinajstić information content (AvgIpc) is 3.50. The Morgan fingerprint density at radius 2 is 1.77 bits per heavy atom. The summed E-state index contributed by atoms with van der Waals surface area (Å²) in [4.78, 5) is 15.2. The molecular formula is C21H32N2O3. The molecule has 1 aliphatic heterocycles. The van der Waals surface area contributed by atoms with E-state index in [0.29, 0.717) is 17.5 Å². The van der Waals surface area contributed by atoms with Gasteiger partial charge in [-0.1, -0.05) is 6.07 Å². The molecule has 1 aromatic carbocycles. The minimum atomic E-state index is -0.589. The third kappa shape index (κ3) is 4.14. The van der Waals surface area contributed by atoms with Gasteiger partial charge in [-0.25, -0.2) is 0 Å². The second-order valence-electron chi connectivity index (χ2n) is 8.11. The fraction of sp³-hybridized carbons (Fsp3) is 0.667. The maximum atomic E-state index is 13.2. The molecule has 1 N–H and O–H groups in total. The molecule has 5 heteroatoms. The SMILES string of the molecule is COc1ccc(C(C)(C)C(=O)N2CCC(NCC3CC3)CC2)cc1OC. The van der Waals surface area contributed by atoms with Crippen molar-refractivity contribution >= 4 is 5.91 Å². The summed E-state index contributed by atoms with van der Waals surface area (Å²) in [6.45, 7) is 6.80. The third-order valence-corrected chi connectivity index (χ3v) is 5.81. The van der Waals surface area contributed by atoms with E-state index in [4.69, 9.17) is 9.47 Å². The highest BCUT2D eigenvalue weighted by molar-refractivity contribution is 5.87. The fourth-order valence-corrected chi connectivity index (χ4v) is 3.69. The number of benzene rings is 1. The Morgan fingerprint density at radius 1 is 1.12 bits per heavy atom. The van der Waals surface area contributed by atoms with Gasteiger partial charge in [-0.3, -0.25) is 4.79 Å². The Hall–Kier alpha value is -1.75. The molecule has 1 aliphatic carbocycles. The monoisotopic (exact) mass is 360 g/mol. The number of ether oxygens (including phenoxy) is 2. The van der Waals surface area contributed by atoms with Crippen LogP contribution in [0.3, 0.4) is 0 Å². The summed E-state index contributed by atoms with van der Waals surface area (Å²) >= 11 is 0. The van der Waals surface area contributed by atoms with Gasteiger partial charge in [-0.2, -0.15) is 0 Å². The van der Waals surface area contributed by atoms with Gasteiger partial charge in [0.1, 0.15) is 0 Å². The molecule has 26 heavy (non-hydrogen) atoms. The summed E-state index contributed by atoms with van der Waals surface area (Å²) in [5.41, 5.74) is 0.363. The molecule has 1 aromatic rings. The molecule has 0 radical (unpaired) electrons. The first-order valence-electron chi connectivity index (χ1n) is 9.71. The van der Waals surface area contributed by atoms with Crippen molar-refractivity contribution in [3.8, 4) is 11.5 Å². The van der Waals surface area contributed by atoms with Crippen molar-refractivity contribution in [2.75, 3.05) is 33.9 Å². The van der Waals surface area contributed by atoms with Gasteiger partial charge in [0.15, 0.2) is 11.5 Å². The summed E-state index contributed by atoms with van der Waals surface area (Å²) in [5, 5.41) is 3.67. The van der Waals surface area contributed by atoms with Crippen molar-refractivity contribution in [2.24, 2.45) is 5.92 Å². The molecule has 2 fully saturated rings. The molecule has 0 unspecified atom stereocenters. The lowest BCUT2D eigenvalue weighted by Gasteiger charge is -2.37. The van der Waals surface area contributed by atoms with Gasteiger partial charge in [0, 0.05) is 19.1 Å². The fourth-order valence-electron chi connectivity index (χ4n) is 3.69. The van der Waals surface area contributed by atoms with Crippen LogP contribution in [-0.4, -0.2) is 50.7 Å². The Labute approximate surface area is 157 Å². The summed E-state index contributed by atoms with van der Waals surface area (Å²) < 4.78 is 10.7. The minimum absolute atomic E-state index is 0.186. The minimum Gasteiger partial charge on any atom is -0.493 e. The van der Waals surface area contributed by atoms with E-state index in [9.17, 15) is 4.79 Å². The van der Waals surface area contributed by atoms with E-state index in [0.717, 1.165) is 44.0 Å².